The summed E-state index contributed by atoms with van der Waals surface area (Å²) in [6.07, 6.45) is 9.55. The Bertz CT molecular complexity index is 478. The molecule has 3 nitrogen and oxygen atoms in total. The largest absolute Gasteiger partial charge is 0.478 e. The minimum Gasteiger partial charge on any atom is -0.478 e. The van der Waals surface area contributed by atoms with E-state index in [9.17, 15) is 4.79 Å². The van der Waals surface area contributed by atoms with Crippen LogP contribution in [0.2, 0.25) is 0 Å². The number of nitrogens with one attached hydrogen (secondary N) is 1. The van der Waals surface area contributed by atoms with Gasteiger partial charge in [0.15, 0.2) is 0 Å². The van der Waals surface area contributed by atoms with Gasteiger partial charge < -0.3 is 10.4 Å². The van der Waals surface area contributed by atoms with Gasteiger partial charge in [-0.1, -0.05) is 44.7 Å². The Kier molecular flexibility index (Phi) is 5.85. The predicted molar refractivity (Wildman–Crippen MR) is 87.3 cm³/mol. The topological polar surface area (TPSA) is 49.3 Å². The number of carbonyl (C=O) groups is 1. The quantitative estimate of drug-likeness (QED) is 0.762. The summed E-state index contributed by atoms with van der Waals surface area (Å²) in [6.45, 7) is 3.40. The molecule has 0 spiro atoms. The average Bonchev–Trinajstić information content (AvgIpc) is 2.48. The van der Waals surface area contributed by atoms with Crippen molar-refractivity contribution in [3.8, 4) is 0 Å². The van der Waals surface area contributed by atoms with E-state index in [0.29, 0.717) is 0 Å². The minimum absolute atomic E-state index is 0.865. The Morgan fingerprint density at radius 2 is 2.00 bits per heavy atom. The van der Waals surface area contributed by atoms with E-state index in [-0.39, 0.29) is 0 Å². The van der Waals surface area contributed by atoms with E-state index in [0.717, 1.165) is 35.7 Å². The van der Waals surface area contributed by atoms with Gasteiger partial charge in [-0.05, 0) is 42.0 Å². The number of rotatable bonds is 6. The van der Waals surface area contributed by atoms with Crippen LogP contribution in [0.25, 0.3) is 6.08 Å². The highest BCUT2D eigenvalue weighted by Gasteiger charge is 2.20. The number of aliphatic carboxylic acids is 1. The average molecular weight is 287 g/mol. The van der Waals surface area contributed by atoms with Gasteiger partial charge in [0.25, 0.3) is 0 Å². The first-order chi connectivity index (χ1) is 10.1. The van der Waals surface area contributed by atoms with Crippen molar-refractivity contribution >= 4 is 17.7 Å². The summed E-state index contributed by atoms with van der Waals surface area (Å²) in [5.41, 5.74) is 2.01. The lowest BCUT2D eigenvalue weighted by Crippen LogP contribution is -2.19. The van der Waals surface area contributed by atoms with Crippen LogP contribution in [0.3, 0.4) is 0 Å². The van der Waals surface area contributed by atoms with Gasteiger partial charge in [-0.15, -0.1) is 0 Å². The fourth-order valence-electron chi connectivity index (χ4n) is 3.10. The molecule has 2 rings (SSSR count). The summed E-state index contributed by atoms with van der Waals surface area (Å²) in [6, 6.07) is 7.88. The lowest BCUT2D eigenvalue weighted by Gasteiger charge is -2.28. The molecule has 1 fully saturated rings. The molecule has 2 unspecified atom stereocenters. The van der Waals surface area contributed by atoms with Crippen molar-refractivity contribution in [3.63, 3.8) is 0 Å². The van der Waals surface area contributed by atoms with Crippen molar-refractivity contribution < 1.29 is 9.90 Å². The molecular weight excluding hydrogens is 262 g/mol. The van der Waals surface area contributed by atoms with Crippen molar-refractivity contribution in [3.05, 3.63) is 35.9 Å². The summed E-state index contributed by atoms with van der Waals surface area (Å²) in [7, 11) is 0. The smallest absolute Gasteiger partial charge is 0.328 e. The molecule has 114 valence electrons. The van der Waals surface area contributed by atoms with Crippen LogP contribution in [0.5, 0.6) is 0 Å². The van der Waals surface area contributed by atoms with Crippen LogP contribution in [0.1, 0.15) is 44.6 Å². The summed E-state index contributed by atoms with van der Waals surface area (Å²) in [5, 5.41) is 12.1. The van der Waals surface area contributed by atoms with Gasteiger partial charge in [-0.25, -0.2) is 4.79 Å². The van der Waals surface area contributed by atoms with Gasteiger partial charge in [-0.3, -0.25) is 0 Å². The molecule has 0 radical (unpaired) electrons. The number of carboxylic acid groups (broad SMARTS) is 1. The maximum Gasteiger partial charge on any atom is 0.328 e. The Labute approximate surface area is 127 Å². The van der Waals surface area contributed by atoms with Gasteiger partial charge in [0.2, 0.25) is 0 Å². The highest BCUT2D eigenvalue weighted by molar-refractivity contribution is 5.85. The number of hydrogen-bond acceptors (Lipinski definition) is 2. The zero-order chi connectivity index (χ0) is 15.1. The first kappa shape index (κ1) is 15.6. The van der Waals surface area contributed by atoms with Crippen LogP contribution in [0.4, 0.5) is 5.69 Å². The molecule has 0 aromatic heterocycles. The first-order valence-electron chi connectivity index (χ1n) is 7.90. The molecule has 0 heterocycles. The van der Waals surface area contributed by atoms with Crippen LogP contribution >= 0.6 is 0 Å². The fraction of sp³-hybridized carbons (Fsp3) is 0.500. The van der Waals surface area contributed by atoms with Crippen molar-refractivity contribution in [2.75, 3.05) is 11.9 Å². The molecule has 0 bridgehead atoms. The highest BCUT2D eigenvalue weighted by Crippen LogP contribution is 2.31. The Morgan fingerprint density at radius 1 is 1.29 bits per heavy atom. The van der Waals surface area contributed by atoms with E-state index in [4.69, 9.17) is 5.11 Å². The number of benzene rings is 1. The predicted octanol–water partition coefficient (Wildman–Crippen LogP) is 4.41. The third-order valence-electron chi connectivity index (χ3n) is 4.46. The Balaban J connectivity index is 1.77. The second-order valence-corrected chi connectivity index (χ2v) is 6.03. The molecule has 2 N–H and O–H groups in total. The van der Waals surface area contributed by atoms with Crippen LogP contribution in [-0.2, 0) is 4.79 Å². The van der Waals surface area contributed by atoms with Gasteiger partial charge in [0, 0.05) is 18.3 Å². The zero-order valence-electron chi connectivity index (χ0n) is 12.7. The van der Waals surface area contributed by atoms with Gasteiger partial charge >= 0.3 is 5.97 Å². The van der Waals surface area contributed by atoms with Crippen LogP contribution in [0.15, 0.2) is 30.3 Å². The maximum atomic E-state index is 10.5. The molecule has 21 heavy (non-hydrogen) atoms. The van der Waals surface area contributed by atoms with E-state index in [1.54, 1.807) is 6.08 Å². The summed E-state index contributed by atoms with van der Waals surface area (Å²) in [5.74, 6) is 0.812. The van der Waals surface area contributed by atoms with E-state index in [1.165, 1.54) is 32.1 Å². The fourth-order valence-corrected chi connectivity index (χ4v) is 3.10. The summed E-state index contributed by atoms with van der Waals surface area (Å²) >= 11 is 0. The lowest BCUT2D eigenvalue weighted by molar-refractivity contribution is -0.131. The number of anilines is 1. The molecule has 1 aromatic carbocycles. The second-order valence-electron chi connectivity index (χ2n) is 6.03. The van der Waals surface area contributed by atoms with Crippen molar-refractivity contribution in [2.24, 2.45) is 11.8 Å². The molecule has 2 atom stereocenters. The zero-order valence-corrected chi connectivity index (χ0v) is 12.7. The molecule has 0 aliphatic heterocycles. The molecular formula is C18H25NO2. The standard InChI is InChI=1S/C18H25NO2/c1-14-4-2-3-5-16(14)12-13-19-17-9-6-15(7-10-17)8-11-18(20)21/h6-11,14,16,19H,2-5,12-13H2,1H3,(H,20,21). The molecule has 1 aliphatic rings. The summed E-state index contributed by atoms with van der Waals surface area (Å²) < 4.78 is 0. The highest BCUT2D eigenvalue weighted by atomic mass is 16.4. The number of hydrogen-bond donors (Lipinski definition) is 2. The second kappa shape index (κ2) is 7.87. The summed E-state index contributed by atoms with van der Waals surface area (Å²) in [4.78, 5) is 10.5. The lowest BCUT2D eigenvalue weighted by atomic mass is 9.79. The van der Waals surface area contributed by atoms with Crippen molar-refractivity contribution in [2.45, 2.75) is 39.0 Å². The molecule has 3 heteroatoms. The SMILES string of the molecule is CC1CCCCC1CCNc1ccc(C=CC(=O)O)cc1. The molecule has 1 saturated carbocycles. The monoisotopic (exact) mass is 287 g/mol. The van der Waals surface area contributed by atoms with Crippen LogP contribution < -0.4 is 5.32 Å². The molecule has 1 aromatic rings. The van der Waals surface area contributed by atoms with E-state index in [2.05, 4.69) is 12.2 Å². The Morgan fingerprint density at radius 3 is 2.67 bits per heavy atom. The van der Waals surface area contributed by atoms with Gasteiger partial charge in [0.05, 0.1) is 0 Å². The van der Waals surface area contributed by atoms with Gasteiger partial charge in [-0.2, -0.15) is 0 Å². The van der Waals surface area contributed by atoms with E-state index in [1.807, 2.05) is 24.3 Å². The maximum absolute atomic E-state index is 10.5. The molecule has 1 aliphatic carbocycles. The first-order valence-corrected chi connectivity index (χ1v) is 7.90. The molecule has 0 amide bonds. The minimum atomic E-state index is -0.918. The Hall–Kier alpha value is -1.77. The third-order valence-corrected chi connectivity index (χ3v) is 4.46. The third kappa shape index (κ3) is 5.25. The van der Waals surface area contributed by atoms with Gasteiger partial charge in [0.1, 0.15) is 0 Å². The van der Waals surface area contributed by atoms with Crippen LogP contribution in [0, 0.1) is 11.8 Å². The van der Waals surface area contributed by atoms with E-state index >= 15 is 0 Å². The van der Waals surface area contributed by atoms with Crippen molar-refractivity contribution in [1.82, 2.24) is 0 Å². The van der Waals surface area contributed by atoms with E-state index < -0.39 is 5.97 Å². The molecule has 0 saturated heterocycles. The van der Waals surface area contributed by atoms with Crippen molar-refractivity contribution in [1.29, 1.82) is 0 Å². The normalized spacial score (nSPS) is 22.3. The van der Waals surface area contributed by atoms with Crippen LogP contribution in [-0.4, -0.2) is 17.6 Å². The number of carboxylic acids is 1.